The minimum Gasteiger partial charge on any atom is -0.396 e. The van der Waals surface area contributed by atoms with Gasteiger partial charge in [0, 0.05) is 19.1 Å². The molecule has 2 unspecified atom stereocenters. The van der Waals surface area contributed by atoms with E-state index in [0.717, 1.165) is 25.0 Å². The van der Waals surface area contributed by atoms with E-state index in [9.17, 15) is 5.11 Å². The average Bonchev–Trinajstić information content (AvgIpc) is 3.00. The Balaban J connectivity index is 1.80. The molecule has 0 aliphatic carbocycles. The van der Waals surface area contributed by atoms with Gasteiger partial charge in [0.25, 0.3) is 0 Å². The Hall–Kier alpha value is -1.59. The van der Waals surface area contributed by atoms with Crippen molar-refractivity contribution < 1.29 is 9.84 Å². The summed E-state index contributed by atoms with van der Waals surface area (Å²) in [6.45, 7) is 2.08. The highest BCUT2D eigenvalue weighted by molar-refractivity contribution is 5.77. The van der Waals surface area contributed by atoms with Crippen LogP contribution in [0.15, 0.2) is 35.3 Å². The van der Waals surface area contributed by atoms with Crippen molar-refractivity contribution in [1.82, 2.24) is 5.32 Å². The molecule has 0 aromatic heterocycles. The number of ether oxygens (including phenoxy) is 1. The first-order chi connectivity index (χ1) is 9.79. The Labute approximate surface area is 119 Å². The lowest BCUT2D eigenvalue weighted by Crippen LogP contribution is -2.37. The highest BCUT2D eigenvalue weighted by atomic mass is 16.5. The van der Waals surface area contributed by atoms with Gasteiger partial charge < -0.3 is 20.9 Å². The van der Waals surface area contributed by atoms with Crippen LogP contribution in [0.5, 0.6) is 0 Å². The van der Waals surface area contributed by atoms with Crippen LogP contribution < -0.4 is 11.1 Å². The first kappa shape index (κ1) is 14.8. The quantitative estimate of drug-likeness (QED) is 0.532. The number of aliphatic imine (C=N–C) groups is 1. The molecule has 2 atom stereocenters. The number of hydrogen-bond donors (Lipinski definition) is 3. The highest BCUT2D eigenvalue weighted by Crippen LogP contribution is 2.15. The topological polar surface area (TPSA) is 79.9 Å². The van der Waals surface area contributed by atoms with Gasteiger partial charge in [-0.2, -0.15) is 0 Å². The summed E-state index contributed by atoms with van der Waals surface area (Å²) in [5, 5.41) is 12.5. The SMILES string of the molecule is NC(=NCC(CO)c1ccccc1)NCC1CCCO1. The number of nitrogens with zero attached hydrogens (tertiary/aromatic N) is 1. The van der Waals surface area contributed by atoms with E-state index in [4.69, 9.17) is 10.5 Å². The van der Waals surface area contributed by atoms with E-state index in [0.29, 0.717) is 19.0 Å². The van der Waals surface area contributed by atoms with E-state index in [1.54, 1.807) is 0 Å². The van der Waals surface area contributed by atoms with Gasteiger partial charge in [0.15, 0.2) is 5.96 Å². The second-order valence-corrected chi connectivity index (χ2v) is 5.03. The number of aliphatic hydroxyl groups excluding tert-OH is 1. The molecule has 1 heterocycles. The Kier molecular flexibility index (Phi) is 5.83. The van der Waals surface area contributed by atoms with E-state index in [2.05, 4.69) is 10.3 Å². The fraction of sp³-hybridized carbons (Fsp3) is 0.533. The van der Waals surface area contributed by atoms with Crippen molar-refractivity contribution >= 4 is 5.96 Å². The summed E-state index contributed by atoms with van der Waals surface area (Å²) in [6.07, 6.45) is 2.43. The minimum absolute atomic E-state index is 0.0146. The van der Waals surface area contributed by atoms with Gasteiger partial charge in [-0.05, 0) is 18.4 Å². The number of nitrogens with one attached hydrogen (secondary N) is 1. The second kappa shape index (κ2) is 7.87. The first-order valence-electron chi connectivity index (χ1n) is 7.11. The standard InChI is InChI=1S/C15H23N3O2/c16-15(18-10-14-7-4-8-20-14)17-9-13(11-19)12-5-2-1-3-6-12/h1-3,5-6,13-14,19H,4,7-11H2,(H3,16,17,18). The van der Waals surface area contributed by atoms with Gasteiger partial charge in [0.1, 0.15) is 0 Å². The van der Waals surface area contributed by atoms with Crippen molar-refractivity contribution in [3.05, 3.63) is 35.9 Å². The van der Waals surface area contributed by atoms with E-state index in [1.165, 1.54) is 0 Å². The van der Waals surface area contributed by atoms with Crippen molar-refractivity contribution in [2.24, 2.45) is 10.7 Å². The van der Waals surface area contributed by atoms with Gasteiger partial charge in [-0.25, -0.2) is 0 Å². The molecule has 1 aliphatic rings. The highest BCUT2D eigenvalue weighted by Gasteiger charge is 2.15. The number of aliphatic hydroxyl groups is 1. The zero-order valence-electron chi connectivity index (χ0n) is 11.7. The number of benzene rings is 1. The van der Waals surface area contributed by atoms with Gasteiger partial charge in [-0.1, -0.05) is 30.3 Å². The Morgan fingerprint density at radius 2 is 2.25 bits per heavy atom. The van der Waals surface area contributed by atoms with E-state index in [-0.39, 0.29) is 18.6 Å². The van der Waals surface area contributed by atoms with Crippen molar-refractivity contribution in [3.63, 3.8) is 0 Å². The molecule has 1 fully saturated rings. The Morgan fingerprint density at radius 3 is 2.90 bits per heavy atom. The van der Waals surface area contributed by atoms with Crippen molar-refractivity contribution in [3.8, 4) is 0 Å². The van der Waals surface area contributed by atoms with Crippen LogP contribution in [0.4, 0.5) is 0 Å². The van der Waals surface area contributed by atoms with Gasteiger partial charge in [-0.15, -0.1) is 0 Å². The third kappa shape index (κ3) is 4.51. The fourth-order valence-corrected chi connectivity index (χ4v) is 2.28. The molecule has 1 aromatic rings. The molecule has 5 heteroatoms. The third-order valence-electron chi connectivity index (χ3n) is 3.51. The second-order valence-electron chi connectivity index (χ2n) is 5.03. The summed E-state index contributed by atoms with van der Waals surface area (Å²) in [5.41, 5.74) is 6.91. The lowest BCUT2D eigenvalue weighted by Gasteiger charge is -2.14. The van der Waals surface area contributed by atoms with Gasteiger partial charge >= 0.3 is 0 Å². The van der Waals surface area contributed by atoms with Crippen molar-refractivity contribution in [2.45, 2.75) is 24.9 Å². The Bertz CT molecular complexity index is 416. The molecule has 4 N–H and O–H groups in total. The van der Waals surface area contributed by atoms with Gasteiger partial charge in [0.2, 0.25) is 0 Å². The molecule has 0 amide bonds. The predicted octanol–water partition coefficient (Wildman–Crippen LogP) is 0.846. The molecule has 20 heavy (non-hydrogen) atoms. The molecule has 1 aliphatic heterocycles. The van der Waals surface area contributed by atoms with Crippen molar-refractivity contribution in [1.29, 1.82) is 0 Å². The van der Waals surface area contributed by atoms with E-state index in [1.807, 2.05) is 30.3 Å². The van der Waals surface area contributed by atoms with Crippen LogP contribution in [0, 0.1) is 0 Å². The smallest absolute Gasteiger partial charge is 0.188 e. The van der Waals surface area contributed by atoms with Crippen LogP contribution >= 0.6 is 0 Å². The number of hydrogen-bond acceptors (Lipinski definition) is 3. The van der Waals surface area contributed by atoms with Crippen molar-refractivity contribution in [2.75, 3.05) is 26.3 Å². The maximum Gasteiger partial charge on any atom is 0.188 e. The minimum atomic E-state index is -0.0146. The van der Waals surface area contributed by atoms with Crippen LogP contribution in [0.2, 0.25) is 0 Å². The summed E-state index contributed by atoms with van der Waals surface area (Å²) >= 11 is 0. The summed E-state index contributed by atoms with van der Waals surface area (Å²) in [4.78, 5) is 4.30. The molecule has 0 bridgehead atoms. The van der Waals surface area contributed by atoms with Gasteiger partial charge in [0.05, 0.1) is 19.3 Å². The molecule has 0 saturated carbocycles. The lowest BCUT2D eigenvalue weighted by molar-refractivity contribution is 0.114. The average molecular weight is 277 g/mol. The zero-order chi connectivity index (χ0) is 14.2. The van der Waals surface area contributed by atoms with E-state index >= 15 is 0 Å². The van der Waals surface area contributed by atoms with E-state index < -0.39 is 0 Å². The van der Waals surface area contributed by atoms with Gasteiger partial charge in [-0.3, -0.25) is 4.99 Å². The normalized spacial score (nSPS) is 20.9. The maximum atomic E-state index is 9.44. The van der Waals surface area contributed by atoms with Crippen LogP contribution in [-0.4, -0.2) is 43.5 Å². The number of guanidine groups is 1. The summed E-state index contributed by atoms with van der Waals surface area (Å²) in [7, 11) is 0. The monoisotopic (exact) mass is 277 g/mol. The number of rotatable bonds is 6. The molecule has 0 radical (unpaired) electrons. The molecule has 110 valence electrons. The third-order valence-corrected chi connectivity index (χ3v) is 3.51. The predicted molar refractivity (Wildman–Crippen MR) is 79.7 cm³/mol. The molecular formula is C15H23N3O2. The summed E-state index contributed by atoms with van der Waals surface area (Å²) in [5.74, 6) is 0.397. The van der Waals surface area contributed by atoms with Crippen LogP contribution in [0.3, 0.4) is 0 Å². The summed E-state index contributed by atoms with van der Waals surface area (Å²) in [6, 6.07) is 9.86. The molecule has 1 aromatic carbocycles. The summed E-state index contributed by atoms with van der Waals surface area (Å²) < 4.78 is 5.51. The first-order valence-corrected chi connectivity index (χ1v) is 7.11. The van der Waals surface area contributed by atoms with Crippen LogP contribution in [0.25, 0.3) is 0 Å². The fourth-order valence-electron chi connectivity index (χ4n) is 2.28. The van der Waals surface area contributed by atoms with Crippen LogP contribution in [-0.2, 0) is 4.74 Å². The molecule has 2 rings (SSSR count). The largest absolute Gasteiger partial charge is 0.396 e. The maximum absolute atomic E-state index is 9.44. The van der Waals surface area contributed by atoms with Crippen LogP contribution in [0.1, 0.15) is 24.3 Å². The number of nitrogens with two attached hydrogens (primary N) is 1. The molecule has 1 saturated heterocycles. The lowest BCUT2D eigenvalue weighted by atomic mass is 10.0. The zero-order valence-corrected chi connectivity index (χ0v) is 11.7. The molecular weight excluding hydrogens is 254 g/mol. The Morgan fingerprint density at radius 1 is 1.45 bits per heavy atom. The molecule has 5 nitrogen and oxygen atoms in total. The molecule has 0 spiro atoms.